The fourth-order valence-corrected chi connectivity index (χ4v) is 2.71. The molecule has 0 atom stereocenters. The van der Waals surface area contributed by atoms with Crippen molar-refractivity contribution in [3.63, 3.8) is 0 Å². The average molecular weight is 312 g/mol. The van der Waals surface area contributed by atoms with Gasteiger partial charge in [0.25, 0.3) is 5.91 Å². The van der Waals surface area contributed by atoms with E-state index in [-0.39, 0.29) is 16.4 Å². The molecule has 2 rings (SSSR count). The first kappa shape index (κ1) is 15.8. The number of hydrogen-bond acceptors (Lipinski definition) is 4. The molecule has 0 heterocycles. The second-order valence-corrected chi connectivity index (χ2v) is 6.76. The van der Waals surface area contributed by atoms with Crippen molar-refractivity contribution < 1.29 is 17.9 Å². The summed E-state index contributed by atoms with van der Waals surface area (Å²) in [5.41, 5.74) is 0.228. The molecular formula is C14H20N2O4S. The number of sulfonamides is 1. The average Bonchev–Trinajstić information content (AvgIpc) is 3.26. The van der Waals surface area contributed by atoms with Gasteiger partial charge in [0.15, 0.2) is 0 Å². The van der Waals surface area contributed by atoms with Gasteiger partial charge < -0.3 is 9.64 Å². The first-order valence-electron chi connectivity index (χ1n) is 6.87. The first-order chi connectivity index (χ1) is 9.86. The highest BCUT2D eigenvalue weighted by molar-refractivity contribution is 7.89. The molecule has 0 radical (unpaired) electrons. The Hall–Kier alpha value is -1.60. The van der Waals surface area contributed by atoms with E-state index in [1.165, 1.54) is 25.3 Å². The number of nitrogens with zero attached hydrogens (tertiary/aromatic N) is 1. The number of benzene rings is 1. The third kappa shape index (κ3) is 3.74. The molecule has 0 unspecified atom stereocenters. The standard InChI is InChI=1S/C14H20N2O4S/c1-3-16(9-10-4-5-10)14(17)12-8-11(21(15,18)19)6-7-13(12)20-2/h6-8,10H,3-5,9H2,1-2H3,(H2,15,18,19). The van der Waals surface area contributed by atoms with Crippen molar-refractivity contribution in [2.45, 2.75) is 24.7 Å². The molecule has 1 aromatic carbocycles. The second-order valence-electron chi connectivity index (χ2n) is 5.19. The van der Waals surface area contributed by atoms with Gasteiger partial charge in [0.2, 0.25) is 10.0 Å². The van der Waals surface area contributed by atoms with E-state index in [4.69, 9.17) is 9.88 Å². The number of hydrogen-bond donors (Lipinski definition) is 1. The molecule has 0 spiro atoms. The number of primary sulfonamides is 1. The van der Waals surface area contributed by atoms with Gasteiger partial charge in [0.05, 0.1) is 17.6 Å². The lowest BCUT2D eigenvalue weighted by molar-refractivity contribution is 0.0753. The third-order valence-electron chi connectivity index (χ3n) is 3.57. The maximum Gasteiger partial charge on any atom is 0.257 e. The van der Waals surface area contributed by atoms with Gasteiger partial charge in [-0.3, -0.25) is 4.79 Å². The number of amides is 1. The molecule has 0 saturated heterocycles. The minimum absolute atomic E-state index is 0.0888. The summed E-state index contributed by atoms with van der Waals surface area (Å²) in [6.45, 7) is 3.16. The molecule has 1 aliphatic rings. The molecule has 1 saturated carbocycles. The van der Waals surface area contributed by atoms with Crippen molar-refractivity contribution in [1.29, 1.82) is 0 Å². The molecule has 7 heteroatoms. The summed E-state index contributed by atoms with van der Waals surface area (Å²) in [4.78, 5) is 14.2. The molecule has 1 amide bonds. The molecule has 0 bridgehead atoms. The summed E-state index contributed by atoms with van der Waals surface area (Å²) in [5, 5.41) is 5.12. The quantitative estimate of drug-likeness (QED) is 0.855. The molecule has 6 nitrogen and oxygen atoms in total. The van der Waals surface area contributed by atoms with Gasteiger partial charge in [0.1, 0.15) is 5.75 Å². The van der Waals surface area contributed by atoms with Gasteiger partial charge in [-0.15, -0.1) is 0 Å². The van der Waals surface area contributed by atoms with Crippen LogP contribution in [0, 0.1) is 5.92 Å². The van der Waals surface area contributed by atoms with E-state index < -0.39 is 10.0 Å². The first-order valence-corrected chi connectivity index (χ1v) is 8.41. The van der Waals surface area contributed by atoms with E-state index in [0.717, 1.165) is 12.8 Å². The van der Waals surface area contributed by atoms with Crippen LogP contribution in [-0.4, -0.2) is 39.4 Å². The van der Waals surface area contributed by atoms with Crippen LogP contribution in [0.3, 0.4) is 0 Å². The zero-order valence-corrected chi connectivity index (χ0v) is 13.0. The Labute approximate surface area is 124 Å². The third-order valence-corrected chi connectivity index (χ3v) is 4.49. The Bertz CT molecular complexity index is 638. The van der Waals surface area contributed by atoms with Crippen LogP contribution in [0.5, 0.6) is 5.75 Å². The fraction of sp³-hybridized carbons (Fsp3) is 0.500. The van der Waals surface area contributed by atoms with Gasteiger partial charge in [0, 0.05) is 13.1 Å². The van der Waals surface area contributed by atoms with Crippen LogP contribution in [-0.2, 0) is 10.0 Å². The molecule has 21 heavy (non-hydrogen) atoms. The maximum absolute atomic E-state index is 12.6. The Kier molecular flexibility index (Phi) is 4.53. The predicted molar refractivity (Wildman–Crippen MR) is 78.7 cm³/mol. The van der Waals surface area contributed by atoms with Crippen LogP contribution in [0.4, 0.5) is 0 Å². The summed E-state index contributed by atoms with van der Waals surface area (Å²) in [5.74, 6) is 0.676. The molecule has 2 N–H and O–H groups in total. The van der Waals surface area contributed by atoms with E-state index in [2.05, 4.69) is 0 Å². The van der Waals surface area contributed by atoms with Crippen LogP contribution < -0.4 is 9.88 Å². The van der Waals surface area contributed by atoms with Crippen LogP contribution in [0.25, 0.3) is 0 Å². The molecular weight excluding hydrogens is 292 g/mol. The summed E-state index contributed by atoms with van der Waals surface area (Å²) < 4.78 is 28.1. The van der Waals surface area contributed by atoms with Crippen molar-refractivity contribution in [3.8, 4) is 5.75 Å². The summed E-state index contributed by atoms with van der Waals surface area (Å²) in [6, 6.07) is 4.08. The highest BCUT2D eigenvalue weighted by Gasteiger charge is 2.28. The van der Waals surface area contributed by atoms with E-state index >= 15 is 0 Å². The SMILES string of the molecule is CCN(CC1CC1)C(=O)c1cc(S(N)(=O)=O)ccc1OC. The molecule has 0 aliphatic heterocycles. The number of rotatable bonds is 6. The van der Waals surface area contributed by atoms with Crippen molar-refractivity contribution >= 4 is 15.9 Å². The Morgan fingerprint density at radius 2 is 2.10 bits per heavy atom. The minimum Gasteiger partial charge on any atom is -0.496 e. The monoisotopic (exact) mass is 312 g/mol. The van der Waals surface area contributed by atoms with E-state index in [0.29, 0.717) is 24.8 Å². The number of carbonyl (C=O) groups excluding carboxylic acids is 1. The van der Waals surface area contributed by atoms with Crippen molar-refractivity contribution in [1.82, 2.24) is 4.90 Å². The van der Waals surface area contributed by atoms with E-state index in [1.807, 2.05) is 6.92 Å². The van der Waals surface area contributed by atoms with Crippen LogP contribution in [0.2, 0.25) is 0 Å². The maximum atomic E-state index is 12.6. The summed E-state index contributed by atoms with van der Waals surface area (Å²) >= 11 is 0. The highest BCUT2D eigenvalue weighted by atomic mass is 32.2. The summed E-state index contributed by atoms with van der Waals surface area (Å²) in [6.07, 6.45) is 2.27. The topological polar surface area (TPSA) is 89.7 Å². The lowest BCUT2D eigenvalue weighted by Gasteiger charge is -2.22. The number of carbonyl (C=O) groups is 1. The molecule has 1 aromatic rings. The Morgan fingerprint density at radius 1 is 1.43 bits per heavy atom. The summed E-state index contributed by atoms with van der Waals surface area (Å²) in [7, 11) is -2.41. The van der Waals surface area contributed by atoms with Crippen molar-refractivity contribution in [2.75, 3.05) is 20.2 Å². The highest BCUT2D eigenvalue weighted by Crippen LogP contribution is 2.31. The van der Waals surface area contributed by atoms with E-state index in [1.54, 1.807) is 4.90 Å². The molecule has 1 aliphatic carbocycles. The van der Waals surface area contributed by atoms with Crippen LogP contribution >= 0.6 is 0 Å². The van der Waals surface area contributed by atoms with Gasteiger partial charge in [-0.2, -0.15) is 0 Å². The molecule has 116 valence electrons. The van der Waals surface area contributed by atoms with Crippen LogP contribution in [0.15, 0.2) is 23.1 Å². The molecule has 1 fully saturated rings. The van der Waals surface area contributed by atoms with Gasteiger partial charge >= 0.3 is 0 Å². The minimum atomic E-state index is -3.85. The smallest absolute Gasteiger partial charge is 0.257 e. The zero-order chi connectivity index (χ0) is 15.6. The lowest BCUT2D eigenvalue weighted by Crippen LogP contribution is -2.33. The number of nitrogens with two attached hydrogens (primary N) is 1. The zero-order valence-electron chi connectivity index (χ0n) is 12.2. The van der Waals surface area contributed by atoms with Gasteiger partial charge in [-0.1, -0.05) is 0 Å². The lowest BCUT2D eigenvalue weighted by atomic mass is 10.1. The molecule has 0 aromatic heterocycles. The number of methoxy groups -OCH3 is 1. The van der Waals surface area contributed by atoms with Crippen LogP contribution in [0.1, 0.15) is 30.1 Å². The van der Waals surface area contributed by atoms with Crippen molar-refractivity contribution in [2.24, 2.45) is 11.1 Å². The largest absolute Gasteiger partial charge is 0.496 e. The normalized spacial score (nSPS) is 14.8. The van der Waals surface area contributed by atoms with Gasteiger partial charge in [-0.05, 0) is 43.9 Å². The van der Waals surface area contributed by atoms with Crippen molar-refractivity contribution in [3.05, 3.63) is 23.8 Å². The Balaban J connectivity index is 2.36. The number of ether oxygens (including phenoxy) is 1. The Morgan fingerprint density at radius 3 is 2.57 bits per heavy atom. The second kappa shape index (κ2) is 6.03. The fourth-order valence-electron chi connectivity index (χ4n) is 2.17. The van der Waals surface area contributed by atoms with Gasteiger partial charge in [-0.25, -0.2) is 13.6 Å². The predicted octanol–water partition coefficient (Wildman–Crippen LogP) is 1.21. The van der Waals surface area contributed by atoms with E-state index in [9.17, 15) is 13.2 Å².